The van der Waals surface area contributed by atoms with Crippen molar-refractivity contribution >= 4 is 15.7 Å². The third-order valence-electron chi connectivity index (χ3n) is 1.53. The molecule has 0 bridgehead atoms. The monoisotopic (exact) mass is 257 g/mol. The van der Waals surface area contributed by atoms with Crippen molar-refractivity contribution in [2.45, 2.75) is 6.18 Å². The molecule has 0 atom stereocenters. The minimum Gasteiger partial charge on any atom is -0.284 e. The minimum absolute atomic E-state index is 0.285. The van der Waals surface area contributed by atoms with Gasteiger partial charge in [0.1, 0.15) is 5.82 Å². The molecule has 0 amide bonds. The van der Waals surface area contributed by atoms with Crippen LogP contribution in [0.1, 0.15) is 5.56 Å². The van der Waals surface area contributed by atoms with Gasteiger partial charge in [-0.3, -0.25) is 4.72 Å². The van der Waals surface area contributed by atoms with E-state index in [1.54, 1.807) is 4.72 Å². The molecule has 0 unspecified atom stereocenters. The van der Waals surface area contributed by atoms with Crippen molar-refractivity contribution in [3.63, 3.8) is 0 Å². The minimum atomic E-state index is -4.73. The Morgan fingerprint density at radius 2 is 1.75 bits per heavy atom. The Labute approximate surface area is 89.1 Å². The van der Waals surface area contributed by atoms with Gasteiger partial charge in [-0.25, -0.2) is 12.8 Å². The van der Waals surface area contributed by atoms with Crippen molar-refractivity contribution in [2.24, 2.45) is 0 Å². The largest absolute Gasteiger partial charge is 0.416 e. The van der Waals surface area contributed by atoms with Crippen LogP contribution in [-0.2, 0) is 16.2 Å². The third-order valence-corrected chi connectivity index (χ3v) is 2.13. The van der Waals surface area contributed by atoms with Crippen LogP contribution in [0.4, 0.5) is 23.2 Å². The Morgan fingerprint density at radius 3 is 2.19 bits per heavy atom. The summed E-state index contributed by atoms with van der Waals surface area (Å²) in [6.45, 7) is 0. The zero-order valence-corrected chi connectivity index (χ0v) is 8.79. The average molecular weight is 257 g/mol. The highest BCUT2D eigenvalue weighted by Gasteiger charge is 2.31. The zero-order valence-electron chi connectivity index (χ0n) is 7.97. The molecule has 1 rings (SSSR count). The summed E-state index contributed by atoms with van der Waals surface area (Å²) >= 11 is 0. The van der Waals surface area contributed by atoms with Crippen LogP contribution in [0.5, 0.6) is 0 Å². The van der Waals surface area contributed by atoms with E-state index in [4.69, 9.17) is 0 Å². The number of hydrogen-bond donors (Lipinski definition) is 1. The smallest absolute Gasteiger partial charge is 0.284 e. The van der Waals surface area contributed by atoms with Crippen LogP contribution in [0.3, 0.4) is 0 Å². The van der Waals surface area contributed by atoms with Gasteiger partial charge in [0.2, 0.25) is 10.0 Å². The predicted molar refractivity (Wildman–Crippen MR) is 49.9 cm³/mol. The van der Waals surface area contributed by atoms with E-state index in [2.05, 4.69) is 0 Å². The van der Waals surface area contributed by atoms with Gasteiger partial charge in [0.05, 0.1) is 17.5 Å². The molecule has 8 heteroatoms. The Kier molecular flexibility index (Phi) is 3.13. The van der Waals surface area contributed by atoms with Crippen LogP contribution in [0.25, 0.3) is 0 Å². The van der Waals surface area contributed by atoms with Gasteiger partial charge in [-0.1, -0.05) is 0 Å². The normalized spacial score (nSPS) is 12.6. The summed E-state index contributed by atoms with van der Waals surface area (Å²) in [7, 11) is -3.74. The lowest BCUT2D eigenvalue weighted by Crippen LogP contribution is -2.12. The molecule has 1 aromatic carbocycles. The molecule has 0 aromatic heterocycles. The van der Waals surface area contributed by atoms with Gasteiger partial charge in [-0.2, -0.15) is 13.2 Å². The van der Waals surface area contributed by atoms with Crippen LogP contribution in [0, 0.1) is 5.82 Å². The fourth-order valence-electron chi connectivity index (χ4n) is 1.03. The van der Waals surface area contributed by atoms with Crippen molar-refractivity contribution < 1.29 is 26.0 Å². The van der Waals surface area contributed by atoms with Gasteiger partial charge < -0.3 is 0 Å². The average Bonchev–Trinajstić information content (AvgIpc) is 1.97. The first-order chi connectivity index (χ1) is 7.08. The standard InChI is InChI=1S/C8H7F4NO2S/c1-16(14,15)13-7-3-5(8(10,11)12)2-6(9)4-7/h2-4,13H,1H3. The van der Waals surface area contributed by atoms with Crippen LogP contribution in [0.15, 0.2) is 18.2 Å². The van der Waals surface area contributed by atoms with Crippen LogP contribution < -0.4 is 4.72 Å². The van der Waals surface area contributed by atoms with Crippen LogP contribution >= 0.6 is 0 Å². The quantitative estimate of drug-likeness (QED) is 0.826. The topological polar surface area (TPSA) is 46.2 Å². The Hall–Kier alpha value is -1.31. The molecule has 0 fully saturated rings. The number of hydrogen-bond acceptors (Lipinski definition) is 2. The molecular formula is C8H7F4NO2S. The highest BCUT2D eigenvalue weighted by molar-refractivity contribution is 7.92. The lowest BCUT2D eigenvalue weighted by molar-refractivity contribution is -0.137. The summed E-state index contributed by atoms with van der Waals surface area (Å²) in [6, 6.07) is 1.47. The highest BCUT2D eigenvalue weighted by atomic mass is 32.2. The molecule has 0 aliphatic rings. The van der Waals surface area contributed by atoms with E-state index >= 15 is 0 Å². The van der Waals surface area contributed by atoms with Gasteiger partial charge in [0, 0.05) is 0 Å². The fraction of sp³-hybridized carbons (Fsp3) is 0.250. The van der Waals surface area contributed by atoms with Crippen molar-refractivity contribution in [2.75, 3.05) is 11.0 Å². The first-order valence-electron chi connectivity index (χ1n) is 3.93. The van der Waals surface area contributed by atoms with Gasteiger partial charge >= 0.3 is 6.18 Å². The van der Waals surface area contributed by atoms with Crippen molar-refractivity contribution in [1.29, 1.82) is 0 Å². The summed E-state index contributed by atoms with van der Waals surface area (Å²) in [5, 5.41) is 0. The molecule has 90 valence electrons. The SMILES string of the molecule is CS(=O)(=O)Nc1cc(F)cc(C(F)(F)F)c1. The molecule has 16 heavy (non-hydrogen) atoms. The summed E-state index contributed by atoms with van der Waals surface area (Å²) in [6.07, 6.45) is -3.97. The van der Waals surface area contributed by atoms with E-state index in [9.17, 15) is 26.0 Å². The van der Waals surface area contributed by atoms with E-state index in [-0.39, 0.29) is 6.07 Å². The molecule has 0 saturated carbocycles. The fourth-order valence-corrected chi connectivity index (χ4v) is 1.57. The second-order valence-corrected chi connectivity index (χ2v) is 4.85. The molecule has 0 radical (unpaired) electrons. The van der Waals surface area contributed by atoms with Crippen LogP contribution in [-0.4, -0.2) is 14.7 Å². The Balaban J connectivity index is 3.19. The molecule has 0 aliphatic carbocycles. The summed E-state index contributed by atoms with van der Waals surface area (Å²) in [5.41, 5.74) is -1.71. The van der Waals surface area contributed by atoms with E-state index in [0.717, 1.165) is 6.26 Å². The van der Waals surface area contributed by atoms with E-state index in [1.165, 1.54) is 0 Å². The molecular weight excluding hydrogens is 250 g/mol. The Morgan fingerprint density at radius 1 is 1.19 bits per heavy atom. The highest BCUT2D eigenvalue weighted by Crippen LogP contribution is 2.31. The number of alkyl halides is 3. The summed E-state index contributed by atoms with van der Waals surface area (Å²) in [4.78, 5) is 0. The van der Waals surface area contributed by atoms with Crippen molar-refractivity contribution in [1.82, 2.24) is 0 Å². The number of anilines is 1. The zero-order chi connectivity index (χ0) is 12.6. The first-order valence-corrected chi connectivity index (χ1v) is 5.83. The van der Waals surface area contributed by atoms with E-state index in [1.807, 2.05) is 0 Å². The van der Waals surface area contributed by atoms with Crippen molar-refractivity contribution in [3.05, 3.63) is 29.6 Å². The first kappa shape index (κ1) is 12.8. The van der Waals surface area contributed by atoms with E-state index in [0.29, 0.717) is 12.1 Å². The summed E-state index contributed by atoms with van der Waals surface area (Å²) in [5.74, 6) is -1.17. The predicted octanol–water partition coefficient (Wildman–Crippen LogP) is 2.22. The molecule has 3 nitrogen and oxygen atoms in total. The summed E-state index contributed by atoms with van der Waals surface area (Å²) < 4.78 is 72.8. The van der Waals surface area contributed by atoms with Gasteiger partial charge in [-0.15, -0.1) is 0 Å². The van der Waals surface area contributed by atoms with Crippen LogP contribution in [0.2, 0.25) is 0 Å². The maximum Gasteiger partial charge on any atom is 0.416 e. The van der Waals surface area contributed by atoms with E-state index < -0.39 is 33.3 Å². The molecule has 1 N–H and O–H groups in total. The van der Waals surface area contributed by atoms with Crippen molar-refractivity contribution in [3.8, 4) is 0 Å². The van der Waals surface area contributed by atoms with Gasteiger partial charge in [0.15, 0.2) is 0 Å². The number of sulfonamides is 1. The van der Waals surface area contributed by atoms with Gasteiger partial charge in [-0.05, 0) is 18.2 Å². The molecule has 0 saturated heterocycles. The number of halogens is 4. The second kappa shape index (κ2) is 3.93. The number of benzene rings is 1. The molecule has 0 heterocycles. The number of rotatable bonds is 2. The molecule has 0 aliphatic heterocycles. The lowest BCUT2D eigenvalue weighted by atomic mass is 10.2. The maximum absolute atomic E-state index is 12.8. The third kappa shape index (κ3) is 3.69. The second-order valence-electron chi connectivity index (χ2n) is 3.10. The Bertz CT molecular complexity index is 495. The lowest BCUT2D eigenvalue weighted by Gasteiger charge is -2.09. The molecule has 0 spiro atoms. The maximum atomic E-state index is 12.8. The van der Waals surface area contributed by atoms with Gasteiger partial charge in [0.25, 0.3) is 0 Å². The molecule has 1 aromatic rings. The number of nitrogens with one attached hydrogen (secondary N) is 1.